The molecule has 1 heterocycles. The van der Waals surface area contributed by atoms with Gasteiger partial charge in [0.2, 0.25) is 0 Å². The Bertz CT molecular complexity index is 644. The van der Waals surface area contributed by atoms with E-state index in [1.54, 1.807) is 11.4 Å². The van der Waals surface area contributed by atoms with E-state index in [0.717, 1.165) is 0 Å². The first-order valence-electron chi connectivity index (χ1n) is 6.74. The Balaban J connectivity index is 1.86. The van der Waals surface area contributed by atoms with Crippen LogP contribution in [0.1, 0.15) is 17.2 Å². The van der Waals surface area contributed by atoms with E-state index >= 15 is 0 Å². The monoisotopic (exact) mass is 344 g/mol. The summed E-state index contributed by atoms with van der Waals surface area (Å²) in [6, 6.07) is 6.70. The molecule has 0 aliphatic rings. The lowest BCUT2D eigenvalue weighted by Gasteiger charge is -2.12. The quantitative estimate of drug-likeness (QED) is 0.774. The maximum absolute atomic E-state index is 12.4. The molecule has 23 heavy (non-hydrogen) atoms. The molecule has 2 aromatic rings. The molecule has 8 heteroatoms. The fourth-order valence-electron chi connectivity index (χ4n) is 1.94. The maximum Gasteiger partial charge on any atom is 0.393 e. The van der Waals surface area contributed by atoms with Crippen LogP contribution in [0.3, 0.4) is 0 Å². The molecule has 1 atom stereocenters. The first kappa shape index (κ1) is 17.3. The van der Waals surface area contributed by atoms with Gasteiger partial charge in [0.25, 0.3) is 0 Å². The van der Waals surface area contributed by atoms with Gasteiger partial charge in [-0.1, -0.05) is 12.1 Å². The topological polar surface area (TPSA) is 61.4 Å². The minimum atomic E-state index is -4.30. The Kier molecular flexibility index (Phi) is 5.62. The molecule has 0 fully saturated rings. The Hall–Kier alpha value is -2.06. The van der Waals surface area contributed by atoms with Crippen molar-refractivity contribution in [3.63, 3.8) is 0 Å². The van der Waals surface area contributed by atoms with Gasteiger partial charge in [-0.2, -0.15) is 24.5 Å². The molecule has 0 saturated heterocycles. The minimum absolute atomic E-state index is 0.00477. The summed E-state index contributed by atoms with van der Waals surface area (Å²) in [6.45, 7) is 0.00477. The Morgan fingerprint density at radius 1 is 1.30 bits per heavy atom. The second kappa shape index (κ2) is 7.47. The molecular formula is C15H15F3N2O2S. The minimum Gasteiger partial charge on any atom is -0.387 e. The molecule has 124 valence electrons. The number of aliphatic hydroxyl groups excluding tert-OH is 1. The number of anilines is 1. The molecule has 1 aromatic carbocycles. The lowest BCUT2D eigenvalue weighted by atomic mass is 10.1. The van der Waals surface area contributed by atoms with Crippen LogP contribution in [0.2, 0.25) is 0 Å². The van der Waals surface area contributed by atoms with Gasteiger partial charge in [0, 0.05) is 12.2 Å². The molecule has 0 saturated carbocycles. The van der Waals surface area contributed by atoms with Gasteiger partial charge in [-0.25, -0.2) is 4.79 Å². The number of halogens is 3. The third-order valence-electron chi connectivity index (χ3n) is 2.97. The summed E-state index contributed by atoms with van der Waals surface area (Å²) in [5.74, 6) is 0. The number of carbonyl (C=O) groups excluding carboxylic acids is 1. The molecule has 4 nitrogen and oxygen atoms in total. The number of benzene rings is 1. The molecule has 0 aliphatic carbocycles. The summed E-state index contributed by atoms with van der Waals surface area (Å²) in [4.78, 5) is 11.7. The SMILES string of the molecule is O=C(NCC(O)c1ccsc1)Nc1cccc(CC(F)(F)F)c1. The van der Waals surface area contributed by atoms with E-state index in [4.69, 9.17) is 0 Å². The normalized spacial score (nSPS) is 12.7. The smallest absolute Gasteiger partial charge is 0.387 e. The van der Waals surface area contributed by atoms with Gasteiger partial charge in [0.05, 0.1) is 12.5 Å². The summed E-state index contributed by atoms with van der Waals surface area (Å²) in [6.07, 6.45) is -6.18. The zero-order valence-corrected chi connectivity index (χ0v) is 12.7. The Morgan fingerprint density at radius 3 is 2.74 bits per heavy atom. The number of rotatable bonds is 5. The van der Waals surface area contributed by atoms with Gasteiger partial charge in [-0.15, -0.1) is 0 Å². The summed E-state index contributed by atoms with van der Waals surface area (Å²) in [5, 5.41) is 18.3. The highest BCUT2D eigenvalue weighted by Gasteiger charge is 2.27. The molecule has 3 N–H and O–H groups in total. The van der Waals surface area contributed by atoms with Crippen molar-refractivity contribution in [1.82, 2.24) is 5.32 Å². The number of amides is 2. The number of hydrogen-bond acceptors (Lipinski definition) is 3. The standard InChI is InChI=1S/C15H15F3N2O2S/c16-15(17,18)7-10-2-1-3-12(6-10)20-14(22)19-8-13(21)11-4-5-23-9-11/h1-6,9,13,21H,7-8H2,(H2,19,20,22). The maximum atomic E-state index is 12.4. The summed E-state index contributed by atoms with van der Waals surface area (Å²) >= 11 is 1.43. The van der Waals surface area contributed by atoms with Crippen LogP contribution in [-0.4, -0.2) is 23.9 Å². The number of urea groups is 1. The predicted molar refractivity (Wildman–Crippen MR) is 82.5 cm³/mol. The van der Waals surface area contributed by atoms with Gasteiger partial charge >= 0.3 is 12.2 Å². The van der Waals surface area contributed by atoms with Crippen LogP contribution in [0.5, 0.6) is 0 Å². The van der Waals surface area contributed by atoms with Gasteiger partial charge in [-0.05, 0) is 40.1 Å². The highest BCUT2D eigenvalue weighted by molar-refractivity contribution is 7.07. The van der Waals surface area contributed by atoms with Crippen molar-refractivity contribution in [2.24, 2.45) is 0 Å². The van der Waals surface area contributed by atoms with Crippen LogP contribution >= 0.6 is 11.3 Å². The lowest BCUT2D eigenvalue weighted by Crippen LogP contribution is -2.32. The number of aliphatic hydroxyl groups is 1. The number of hydrogen-bond donors (Lipinski definition) is 3. The molecular weight excluding hydrogens is 329 g/mol. The number of alkyl halides is 3. The highest BCUT2D eigenvalue weighted by Crippen LogP contribution is 2.23. The zero-order valence-electron chi connectivity index (χ0n) is 11.9. The van der Waals surface area contributed by atoms with Crippen molar-refractivity contribution in [1.29, 1.82) is 0 Å². The van der Waals surface area contributed by atoms with E-state index in [1.807, 2.05) is 5.38 Å². The molecule has 0 aliphatic heterocycles. The largest absolute Gasteiger partial charge is 0.393 e. The second-order valence-corrected chi connectivity index (χ2v) is 5.68. The molecule has 0 spiro atoms. The van der Waals surface area contributed by atoms with Crippen molar-refractivity contribution < 1.29 is 23.1 Å². The van der Waals surface area contributed by atoms with E-state index < -0.39 is 24.7 Å². The number of carbonyl (C=O) groups is 1. The Morgan fingerprint density at radius 2 is 2.09 bits per heavy atom. The fraction of sp³-hybridized carbons (Fsp3) is 0.267. The van der Waals surface area contributed by atoms with Gasteiger partial charge < -0.3 is 15.7 Å². The van der Waals surface area contributed by atoms with E-state index in [-0.39, 0.29) is 17.8 Å². The van der Waals surface area contributed by atoms with Gasteiger partial charge in [-0.3, -0.25) is 0 Å². The molecule has 2 amide bonds. The van der Waals surface area contributed by atoms with Crippen LogP contribution in [0, 0.1) is 0 Å². The van der Waals surface area contributed by atoms with Gasteiger partial charge in [0.15, 0.2) is 0 Å². The molecule has 2 rings (SSSR count). The Labute approximate surface area is 135 Å². The van der Waals surface area contributed by atoms with E-state index in [1.165, 1.54) is 35.6 Å². The lowest BCUT2D eigenvalue weighted by molar-refractivity contribution is -0.127. The van der Waals surface area contributed by atoms with Crippen LogP contribution < -0.4 is 10.6 Å². The summed E-state index contributed by atoms with van der Waals surface area (Å²) in [7, 11) is 0. The van der Waals surface area contributed by atoms with Gasteiger partial charge in [0.1, 0.15) is 0 Å². The number of thiophene rings is 1. The van der Waals surface area contributed by atoms with Crippen molar-refractivity contribution in [2.75, 3.05) is 11.9 Å². The molecule has 1 unspecified atom stereocenters. The van der Waals surface area contributed by atoms with Crippen LogP contribution in [0.15, 0.2) is 41.1 Å². The van der Waals surface area contributed by atoms with Crippen molar-refractivity contribution in [3.05, 3.63) is 52.2 Å². The van der Waals surface area contributed by atoms with Crippen LogP contribution in [-0.2, 0) is 6.42 Å². The number of nitrogens with one attached hydrogen (secondary N) is 2. The van der Waals surface area contributed by atoms with E-state index in [9.17, 15) is 23.1 Å². The zero-order chi connectivity index (χ0) is 16.9. The first-order chi connectivity index (χ1) is 10.8. The van der Waals surface area contributed by atoms with Crippen LogP contribution in [0.4, 0.5) is 23.7 Å². The third-order valence-corrected chi connectivity index (χ3v) is 3.67. The third kappa shape index (κ3) is 5.91. The highest BCUT2D eigenvalue weighted by atomic mass is 32.1. The van der Waals surface area contributed by atoms with Crippen molar-refractivity contribution >= 4 is 23.1 Å². The summed E-state index contributed by atoms with van der Waals surface area (Å²) < 4.78 is 37.1. The predicted octanol–water partition coefficient (Wildman–Crippen LogP) is 3.71. The van der Waals surface area contributed by atoms with Crippen LogP contribution in [0.25, 0.3) is 0 Å². The van der Waals surface area contributed by atoms with Crippen molar-refractivity contribution in [3.8, 4) is 0 Å². The van der Waals surface area contributed by atoms with E-state index in [0.29, 0.717) is 5.56 Å². The fourth-order valence-corrected chi connectivity index (χ4v) is 2.64. The average molecular weight is 344 g/mol. The second-order valence-electron chi connectivity index (χ2n) is 4.90. The first-order valence-corrected chi connectivity index (χ1v) is 7.68. The average Bonchev–Trinajstić information content (AvgIpc) is 2.97. The van der Waals surface area contributed by atoms with E-state index in [2.05, 4.69) is 10.6 Å². The summed E-state index contributed by atoms with van der Waals surface area (Å²) in [5.41, 5.74) is 1.02. The molecule has 0 bridgehead atoms. The molecule has 1 aromatic heterocycles. The van der Waals surface area contributed by atoms with Crippen molar-refractivity contribution in [2.45, 2.75) is 18.7 Å². The molecule has 0 radical (unpaired) electrons.